The number of benzene rings is 2. The van der Waals surface area contributed by atoms with Crippen LogP contribution in [0.1, 0.15) is 24.3 Å². The first-order valence-electron chi connectivity index (χ1n) is 8.65. The minimum atomic E-state index is -3.59. The second-order valence-corrected chi connectivity index (χ2v) is 9.47. The lowest BCUT2D eigenvalue weighted by Gasteiger charge is -2.23. The Morgan fingerprint density at radius 1 is 1.00 bits per heavy atom. The molecule has 0 unspecified atom stereocenters. The second-order valence-electron chi connectivity index (χ2n) is 6.61. The summed E-state index contributed by atoms with van der Waals surface area (Å²) in [7, 11) is -3.59. The molecule has 1 saturated heterocycles. The van der Waals surface area contributed by atoms with E-state index in [1.54, 1.807) is 24.3 Å². The van der Waals surface area contributed by atoms with Gasteiger partial charge in [0.2, 0.25) is 9.84 Å². The summed E-state index contributed by atoms with van der Waals surface area (Å²) in [6, 6.07) is 14.7. The van der Waals surface area contributed by atoms with Gasteiger partial charge in [0.1, 0.15) is 0 Å². The molecule has 0 aliphatic carbocycles. The molecule has 26 heavy (non-hydrogen) atoms. The van der Waals surface area contributed by atoms with Crippen LogP contribution in [0.25, 0.3) is 10.9 Å². The Morgan fingerprint density at radius 3 is 2.58 bits per heavy atom. The third-order valence-electron chi connectivity index (χ3n) is 4.91. The quantitative estimate of drug-likeness (QED) is 0.672. The molecule has 0 amide bonds. The maximum atomic E-state index is 12.9. The van der Waals surface area contributed by atoms with Crippen molar-refractivity contribution in [2.24, 2.45) is 0 Å². The van der Waals surface area contributed by atoms with Crippen LogP contribution in [0.2, 0.25) is 0 Å². The molecule has 4 nitrogen and oxygen atoms in total. The van der Waals surface area contributed by atoms with Gasteiger partial charge in [0.15, 0.2) is 0 Å². The molecular weight excluding hydrogens is 412 g/mol. The maximum absolute atomic E-state index is 12.9. The minimum Gasteiger partial charge on any atom is -0.317 e. The van der Waals surface area contributed by atoms with Crippen molar-refractivity contribution in [3.05, 3.63) is 64.8 Å². The number of hydrogen-bond donors (Lipinski definition) is 1. The number of halogens is 1. The van der Waals surface area contributed by atoms with Crippen LogP contribution < -0.4 is 5.32 Å². The van der Waals surface area contributed by atoms with Crippen molar-refractivity contribution in [2.75, 3.05) is 13.1 Å². The summed E-state index contributed by atoms with van der Waals surface area (Å²) >= 11 is 3.34. The van der Waals surface area contributed by atoms with Crippen molar-refractivity contribution in [1.82, 2.24) is 10.3 Å². The predicted molar refractivity (Wildman–Crippen MR) is 106 cm³/mol. The summed E-state index contributed by atoms with van der Waals surface area (Å²) in [5.74, 6) is 0.519. The van der Waals surface area contributed by atoms with Crippen molar-refractivity contribution >= 4 is 36.7 Å². The number of sulfone groups is 1. The largest absolute Gasteiger partial charge is 0.317 e. The lowest BCUT2D eigenvalue weighted by molar-refractivity contribution is 0.460. The lowest BCUT2D eigenvalue weighted by Crippen LogP contribution is -2.26. The van der Waals surface area contributed by atoms with Crippen molar-refractivity contribution in [1.29, 1.82) is 0 Å². The number of piperidine rings is 1. The van der Waals surface area contributed by atoms with E-state index in [1.807, 2.05) is 12.1 Å². The van der Waals surface area contributed by atoms with Crippen LogP contribution in [0.4, 0.5) is 0 Å². The van der Waals surface area contributed by atoms with E-state index < -0.39 is 9.84 Å². The Hall–Kier alpha value is -1.76. The van der Waals surface area contributed by atoms with Crippen LogP contribution in [0.3, 0.4) is 0 Å². The summed E-state index contributed by atoms with van der Waals surface area (Å²) in [6.45, 7) is 2.05. The highest BCUT2D eigenvalue weighted by molar-refractivity contribution is 9.10. The second kappa shape index (κ2) is 7.10. The van der Waals surface area contributed by atoms with E-state index in [-0.39, 0.29) is 9.79 Å². The maximum Gasteiger partial charge on any atom is 0.208 e. The summed E-state index contributed by atoms with van der Waals surface area (Å²) in [6.07, 6.45) is 3.66. The fourth-order valence-electron chi connectivity index (χ4n) is 3.46. The van der Waals surface area contributed by atoms with Gasteiger partial charge >= 0.3 is 0 Å². The average molecular weight is 431 g/mol. The molecule has 0 radical (unpaired) electrons. The molecule has 2 aromatic carbocycles. The summed E-state index contributed by atoms with van der Waals surface area (Å²) in [5, 5.41) is 4.25. The molecule has 1 aliphatic rings. The van der Waals surface area contributed by atoms with Gasteiger partial charge in [-0.15, -0.1) is 0 Å². The molecule has 4 rings (SSSR count). The normalized spacial score (nSPS) is 16.0. The van der Waals surface area contributed by atoms with Crippen LogP contribution in [0.15, 0.2) is 69.0 Å². The lowest BCUT2D eigenvalue weighted by atomic mass is 9.89. The smallest absolute Gasteiger partial charge is 0.208 e. The van der Waals surface area contributed by atoms with Gasteiger partial charge in [0.25, 0.3) is 0 Å². The first kappa shape index (κ1) is 17.6. The van der Waals surface area contributed by atoms with Gasteiger partial charge in [-0.2, -0.15) is 0 Å². The van der Waals surface area contributed by atoms with Crippen LogP contribution in [-0.2, 0) is 9.84 Å². The number of fused-ring (bicyclic) bond motifs is 1. The van der Waals surface area contributed by atoms with Gasteiger partial charge in [-0.1, -0.05) is 28.1 Å². The molecule has 0 saturated carbocycles. The predicted octanol–water partition coefficient (Wildman–Crippen LogP) is 4.30. The molecular formula is C20H19BrN2O2S. The molecule has 134 valence electrons. The fourth-order valence-corrected chi connectivity index (χ4v) is 5.29. The van der Waals surface area contributed by atoms with E-state index in [4.69, 9.17) is 0 Å². The van der Waals surface area contributed by atoms with Gasteiger partial charge < -0.3 is 5.32 Å². The Labute approximate surface area is 161 Å². The molecule has 0 spiro atoms. The number of rotatable bonds is 3. The monoisotopic (exact) mass is 430 g/mol. The van der Waals surface area contributed by atoms with Crippen LogP contribution in [0.5, 0.6) is 0 Å². The molecule has 6 heteroatoms. The third kappa shape index (κ3) is 3.41. The first-order chi connectivity index (χ1) is 12.5. The zero-order valence-corrected chi connectivity index (χ0v) is 16.6. The van der Waals surface area contributed by atoms with Gasteiger partial charge in [0, 0.05) is 16.1 Å². The number of nitrogens with zero attached hydrogens (tertiary/aromatic N) is 1. The summed E-state index contributed by atoms with van der Waals surface area (Å²) in [5.41, 5.74) is 2.08. The Kier molecular flexibility index (Phi) is 4.82. The van der Waals surface area contributed by atoms with Gasteiger partial charge in [0.05, 0.1) is 15.3 Å². The molecule has 1 N–H and O–H groups in total. The standard InChI is InChI=1S/C20H19BrN2O2S/c21-17-2-1-3-18(12-17)26(24,25)19-11-16-10-15(4-5-20(16)23-13-19)14-6-8-22-9-7-14/h1-5,10-14,22H,6-9H2. The molecule has 1 aromatic heterocycles. The molecule has 1 fully saturated rings. The van der Waals surface area contributed by atoms with E-state index in [2.05, 4.69) is 38.4 Å². The number of aromatic nitrogens is 1. The SMILES string of the molecule is O=S(=O)(c1cccc(Br)c1)c1cnc2ccc(C3CCNCC3)cc2c1. The number of hydrogen-bond acceptors (Lipinski definition) is 4. The number of pyridine rings is 1. The van der Waals surface area contributed by atoms with Gasteiger partial charge in [-0.05, 0) is 73.8 Å². The van der Waals surface area contributed by atoms with E-state index in [0.29, 0.717) is 5.92 Å². The highest BCUT2D eigenvalue weighted by Gasteiger charge is 2.20. The first-order valence-corrected chi connectivity index (χ1v) is 10.9. The van der Waals surface area contributed by atoms with Crippen LogP contribution in [0, 0.1) is 0 Å². The van der Waals surface area contributed by atoms with Crippen molar-refractivity contribution in [2.45, 2.75) is 28.6 Å². The van der Waals surface area contributed by atoms with E-state index in [1.165, 1.54) is 11.8 Å². The van der Waals surface area contributed by atoms with Crippen molar-refractivity contribution < 1.29 is 8.42 Å². The summed E-state index contributed by atoms with van der Waals surface area (Å²) < 4.78 is 26.6. The van der Waals surface area contributed by atoms with Crippen molar-refractivity contribution in [3.8, 4) is 0 Å². The van der Waals surface area contributed by atoms with Gasteiger partial charge in [-0.3, -0.25) is 4.98 Å². The number of nitrogens with one attached hydrogen (secondary N) is 1. The highest BCUT2D eigenvalue weighted by Crippen LogP contribution is 2.30. The van der Waals surface area contributed by atoms with E-state index in [0.717, 1.165) is 41.3 Å². The minimum absolute atomic E-state index is 0.227. The Balaban J connectivity index is 1.76. The molecule has 0 bridgehead atoms. The van der Waals surface area contributed by atoms with Crippen molar-refractivity contribution in [3.63, 3.8) is 0 Å². The molecule has 1 aliphatic heterocycles. The zero-order chi connectivity index (χ0) is 18.1. The Morgan fingerprint density at radius 2 is 1.81 bits per heavy atom. The van der Waals surface area contributed by atoms with E-state index >= 15 is 0 Å². The molecule has 0 atom stereocenters. The fraction of sp³-hybridized carbons (Fsp3) is 0.250. The third-order valence-corrected chi connectivity index (χ3v) is 7.12. The van der Waals surface area contributed by atoms with Crippen LogP contribution in [-0.4, -0.2) is 26.5 Å². The average Bonchev–Trinajstić information content (AvgIpc) is 2.68. The van der Waals surface area contributed by atoms with Crippen LogP contribution >= 0.6 is 15.9 Å². The topological polar surface area (TPSA) is 59.1 Å². The zero-order valence-electron chi connectivity index (χ0n) is 14.2. The van der Waals surface area contributed by atoms with Gasteiger partial charge in [-0.25, -0.2) is 8.42 Å². The Bertz CT molecular complexity index is 1060. The molecule has 3 aromatic rings. The van der Waals surface area contributed by atoms with E-state index in [9.17, 15) is 8.42 Å². The highest BCUT2D eigenvalue weighted by atomic mass is 79.9. The summed E-state index contributed by atoms with van der Waals surface area (Å²) in [4.78, 5) is 4.87. The molecule has 2 heterocycles.